The smallest absolute Gasteiger partial charge is 0.307 e. The molecule has 23 heavy (non-hydrogen) atoms. The van der Waals surface area contributed by atoms with Crippen molar-refractivity contribution in [3.63, 3.8) is 0 Å². The fourth-order valence-electron chi connectivity index (χ4n) is 5.15. The van der Waals surface area contributed by atoms with Crippen LogP contribution in [0.15, 0.2) is 23.3 Å². The van der Waals surface area contributed by atoms with E-state index in [1.54, 1.807) is 0 Å². The van der Waals surface area contributed by atoms with Gasteiger partial charge in [-0.2, -0.15) is 0 Å². The average Bonchev–Trinajstić information content (AvgIpc) is 2.43. The van der Waals surface area contributed by atoms with E-state index in [9.17, 15) is 9.90 Å². The molecule has 0 saturated heterocycles. The molecule has 0 aliphatic heterocycles. The van der Waals surface area contributed by atoms with Crippen LogP contribution in [0.3, 0.4) is 0 Å². The van der Waals surface area contributed by atoms with Crippen molar-refractivity contribution in [1.82, 2.24) is 0 Å². The van der Waals surface area contributed by atoms with E-state index in [0.29, 0.717) is 18.3 Å². The van der Waals surface area contributed by atoms with Gasteiger partial charge in [0.25, 0.3) is 0 Å². The molecule has 1 fully saturated rings. The van der Waals surface area contributed by atoms with Crippen LogP contribution in [-0.2, 0) is 4.79 Å². The zero-order valence-corrected chi connectivity index (χ0v) is 15.6. The highest BCUT2D eigenvalue weighted by Gasteiger charge is 2.48. The van der Waals surface area contributed by atoms with E-state index in [1.165, 1.54) is 17.6 Å². The molecule has 2 nitrogen and oxygen atoms in total. The van der Waals surface area contributed by atoms with E-state index in [2.05, 4.69) is 46.8 Å². The van der Waals surface area contributed by atoms with Crippen molar-refractivity contribution in [2.24, 2.45) is 29.1 Å². The molecule has 4 atom stereocenters. The minimum Gasteiger partial charge on any atom is -0.481 e. The van der Waals surface area contributed by atoms with Gasteiger partial charge in [0.1, 0.15) is 0 Å². The Morgan fingerprint density at radius 1 is 1.17 bits per heavy atom. The maximum atomic E-state index is 12.1. The Morgan fingerprint density at radius 2 is 1.87 bits per heavy atom. The van der Waals surface area contributed by atoms with Crippen LogP contribution in [0.4, 0.5) is 0 Å². The fraction of sp³-hybridized carbons (Fsp3) is 0.762. The van der Waals surface area contributed by atoms with Crippen molar-refractivity contribution in [2.45, 2.75) is 73.1 Å². The molecule has 0 amide bonds. The topological polar surface area (TPSA) is 37.3 Å². The third-order valence-electron chi connectivity index (χ3n) is 6.57. The molecule has 2 rings (SSSR count). The molecule has 130 valence electrons. The second-order valence-electron chi connectivity index (χ2n) is 8.62. The van der Waals surface area contributed by atoms with Gasteiger partial charge in [0, 0.05) is 0 Å². The highest BCUT2D eigenvalue weighted by Crippen LogP contribution is 2.53. The Bertz CT molecular complexity index is 498. The molecule has 0 aromatic heterocycles. The third-order valence-corrected chi connectivity index (χ3v) is 6.57. The lowest BCUT2D eigenvalue weighted by atomic mass is 9.53. The van der Waals surface area contributed by atoms with Crippen LogP contribution in [0.2, 0.25) is 0 Å². The van der Waals surface area contributed by atoms with Crippen molar-refractivity contribution in [3.05, 3.63) is 23.3 Å². The summed E-state index contributed by atoms with van der Waals surface area (Å²) in [6, 6.07) is 0. The van der Waals surface area contributed by atoms with Crippen LogP contribution < -0.4 is 0 Å². The van der Waals surface area contributed by atoms with Crippen LogP contribution in [-0.4, -0.2) is 11.1 Å². The van der Waals surface area contributed by atoms with Crippen LogP contribution >= 0.6 is 0 Å². The van der Waals surface area contributed by atoms with E-state index in [0.717, 1.165) is 25.7 Å². The fourth-order valence-corrected chi connectivity index (χ4v) is 5.15. The van der Waals surface area contributed by atoms with E-state index in [1.807, 2.05) is 0 Å². The number of aliphatic carboxylic acids is 1. The summed E-state index contributed by atoms with van der Waals surface area (Å²) in [6.45, 7) is 11.3. The number of hydrogen-bond donors (Lipinski definition) is 1. The Kier molecular flexibility index (Phi) is 5.75. The number of carbonyl (C=O) groups is 1. The maximum Gasteiger partial charge on any atom is 0.307 e. The molecule has 2 aliphatic carbocycles. The predicted molar refractivity (Wildman–Crippen MR) is 96.3 cm³/mol. The van der Waals surface area contributed by atoms with E-state index >= 15 is 0 Å². The van der Waals surface area contributed by atoms with Crippen molar-refractivity contribution < 1.29 is 9.90 Å². The molecule has 0 heterocycles. The second-order valence-corrected chi connectivity index (χ2v) is 8.62. The van der Waals surface area contributed by atoms with Crippen LogP contribution in [0, 0.1) is 29.1 Å². The maximum absolute atomic E-state index is 12.1. The average molecular weight is 319 g/mol. The van der Waals surface area contributed by atoms with Gasteiger partial charge in [-0.3, -0.25) is 4.79 Å². The molecule has 0 aromatic rings. The second kappa shape index (κ2) is 7.23. The van der Waals surface area contributed by atoms with E-state index in [-0.39, 0.29) is 17.3 Å². The summed E-state index contributed by atoms with van der Waals surface area (Å²) in [7, 11) is 0. The van der Waals surface area contributed by atoms with Gasteiger partial charge in [0.15, 0.2) is 0 Å². The van der Waals surface area contributed by atoms with Crippen LogP contribution in [0.5, 0.6) is 0 Å². The molecule has 0 spiro atoms. The molecule has 2 aliphatic rings. The molecular weight excluding hydrogens is 284 g/mol. The summed E-state index contributed by atoms with van der Waals surface area (Å²) < 4.78 is 0. The van der Waals surface area contributed by atoms with E-state index in [4.69, 9.17) is 0 Å². The monoisotopic (exact) mass is 318 g/mol. The first-order chi connectivity index (χ1) is 10.7. The van der Waals surface area contributed by atoms with Gasteiger partial charge in [-0.05, 0) is 69.1 Å². The molecule has 2 bridgehead atoms. The first-order valence-corrected chi connectivity index (χ1v) is 9.27. The highest BCUT2D eigenvalue weighted by atomic mass is 16.4. The summed E-state index contributed by atoms with van der Waals surface area (Å²) in [4.78, 5) is 12.1. The van der Waals surface area contributed by atoms with Gasteiger partial charge in [-0.25, -0.2) is 0 Å². The van der Waals surface area contributed by atoms with Crippen molar-refractivity contribution in [1.29, 1.82) is 0 Å². The number of hydrogen-bond acceptors (Lipinski definition) is 1. The SMILES string of the molecule is C/C1=C\C[C@H]2CCC(C)C([C@@H](C(=O)O)C/C(C)=C/CC1)C2(C)C. The molecule has 0 radical (unpaired) electrons. The Hall–Kier alpha value is -1.05. The van der Waals surface area contributed by atoms with E-state index < -0.39 is 5.97 Å². The highest BCUT2D eigenvalue weighted by molar-refractivity contribution is 5.71. The number of rotatable bonds is 1. The summed E-state index contributed by atoms with van der Waals surface area (Å²) in [5, 5.41) is 9.93. The third kappa shape index (κ3) is 4.08. The summed E-state index contributed by atoms with van der Waals surface area (Å²) in [5.74, 6) is 0.498. The van der Waals surface area contributed by atoms with Crippen LogP contribution in [0.25, 0.3) is 0 Å². The van der Waals surface area contributed by atoms with Gasteiger partial charge in [0.05, 0.1) is 5.92 Å². The van der Waals surface area contributed by atoms with Gasteiger partial charge in [-0.15, -0.1) is 0 Å². The predicted octanol–water partition coefficient (Wildman–Crippen LogP) is 5.84. The van der Waals surface area contributed by atoms with Crippen molar-refractivity contribution >= 4 is 5.97 Å². The van der Waals surface area contributed by atoms with Gasteiger partial charge < -0.3 is 5.11 Å². The van der Waals surface area contributed by atoms with Crippen molar-refractivity contribution in [2.75, 3.05) is 0 Å². The zero-order valence-electron chi connectivity index (χ0n) is 15.6. The Labute approximate surface area is 142 Å². The largest absolute Gasteiger partial charge is 0.481 e. The van der Waals surface area contributed by atoms with Crippen molar-refractivity contribution in [3.8, 4) is 0 Å². The lowest BCUT2D eigenvalue weighted by molar-refractivity contribution is -0.149. The standard InChI is InChI=1S/C21H34O2/c1-14-7-6-8-15(2)13-18(20(22)23)19-16(3)10-12-17(11-9-14)21(19,4)5/h8-9,16-19H,6-7,10-13H2,1-5H3,(H,22,23)/b14-9+,15-8+/t16?,17-,18-,19?/m0/s1. The molecule has 1 saturated carbocycles. The Balaban J connectivity index is 2.43. The number of fused-ring (bicyclic) bond motifs is 2. The summed E-state index contributed by atoms with van der Waals surface area (Å²) >= 11 is 0. The van der Waals surface area contributed by atoms with Crippen LogP contribution in [0.1, 0.15) is 73.1 Å². The van der Waals surface area contributed by atoms with Gasteiger partial charge in [0.2, 0.25) is 0 Å². The minimum atomic E-state index is -0.605. The summed E-state index contributed by atoms with van der Waals surface area (Å²) in [5.41, 5.74) is 2.81. The first-order valence-electron chi connectivity index (χ1n) is 9.27. The Morgan fingerprint density at radius 3 is 2.52 bits per heavy atom. The molecule has 1 N–H and O–H groups in total. The van der Waals surface area contributed by atoms with Gasteiger partial charge >= 0.3 is 5.97 Å². The molecule has 0 aromatic carbocycles. The summed E-state index contributed by atoms with van der Waals surface area (Å²) in [6.07, 6.45) is 11.0. The molecular formula is C21H34O2. The molecule has 2 heteroatoms. The minimum absolute atomic E-state index is 0.0803. The normalized spacial score (nSPS) is 39.9. The number of carboxylic acid groups (broad SMARTS) is 1. The first kappa shape index (κ1) is 18.3. The number of carboxylic acids is 1. The lowest BCUT2D eigenvalue weighted by Crippen LogP contribution is -2.46. The van der Waals surface area contributed by atoms with Gasteiger partial charge in [-0.1, -0.05) is 50.5 Å². The quantitative estimate of drug-likeness (QED) is 0.616. The lowest BCUT2D eigenvalue weighted by Gasteiger charge is -2.51. The number of allylic oxidation sites excluding steroid dienone is 4. The molecule has 2 unspecified atom stereocenters. The zero-order chi connectivity index (χ0) is 17.2.